The summed E-state index contributed by atoms with van der Waals surface area (Å²) in [4.78, 5) is 12.0. The van der Waals surface area contributed by atoms with Crippen LogP contribution in [0.25, 0.3) is 11.0 Å². The van der Waals surface area contributed by atoms with Crippen molar-refractivity contribution in [1.82, 2.24) is 0 Å². The van der Waals surface area contributed by atoms with E-state index in [1.807, 2.05) is 24.3 Å². The molecule has 0 radical (unpaired) electrons. The van der Waals surface area contributed by atoms with Crippen molar-refractivity contribution in [3.8, 4) is 5.75 Å². The number of carbonyl (C=O) groups is 1. The molecule has 0 saturated carbocycles. The van der Waals surface area contributed by atoms with Crippen LogP contribution in [0.4, 0.5) is 5.69 Å². The standard InChI is InChI=1S/C16H13NO3/c18-13-5-3-4-12(9-13)17-16(19)8-11-10-20-15-7-2-1-6-14(11)15/h1-7,9-10,18H,8H2,(H,17,19). The topological polar surface area (TPSA) is 62.5 Å². The van der Waals surface area contributed by atoms with Crippen LogP contribution in [0.1, 0.15) is 5.56 Å². The van der Waals surface area contributed by atoms with Gasteiger partial charge in [-0.2, -0.15) is 0 Å². The molecule has 2 N–H and O–H groups in total. The van der Waals surface area contributed by atoms with Gasteiger partial charge in [-0.05, 0) is 18.2 Å². The van der Waals surface area contributed by atoms with E-state index in [0.29, 0.717) is 5.69 Å². The third-order valence-corrected chi connectivity index (χ3v) is 3.04. The lowest BCUT2D eigenvalue weighted by Gasteiger charge is -2.04. The van der Waals surface area contributed by atoms with Gasteiger partial charge in [0.2, 0.25) is 5.91 Å². The highest BCUT2D eigenvalue weighted by Gasteiger charge is 2.10. The molecule has 3 aromatic rings. The first kappa shape index (κ1) is 12.3. The van der Waals surface area contributed by atoms with Crippen molar-refractivity contribution in [3.63, 3.8) is 0 Å². The minimum Gasteiger partial charge on any atom is -0.508 e. The Labute approximate surface area is 115 Å². The van der Waals surface area contributed by atoms with Gasteiger partial charge in [0.05, 0.1) is 12.7 Å². The number of phenolic OH excluding ortho intramolecular Hbond substituents is 1. The van der Waals surface area contributed by atoms with E-state index in [1.165, 1.54) is 6.07 Å². The number of rotatable bonds is 3. The molecule has 0 unspecified atom stereocenters. The van der Waals surface area contributed by atoms with E-state index < -0.39 is 0 Å². The zero-order chi connectivity index (χ0) is 13.9. The number of nitrogens with one attached hydrogen (secondary N) is 1. The maximum Gasteiger partial charge on any atom is 0.228 e. The van der Waals surface area contributed by atoms with Crippen LogP contribution >= 0.6 is 0 Å². The van der Waals surface area contributed by atoms with Gasteiger partial charge in [-0.25, -0.2) is 0 Å². The second kappa shape index (κ2) is 5.09. The molecule has 0 aliphatic rings. The predicted octanol–water partition coefficient (Wildman–Crippen LogP) is 3.32. The van der Waals surface area contributed by atoms with Crippen LogP contribution in [0.2, 0.25) is 0 Å². The number of carbonyl (C=O) groups excluding carboxylic acids is 1. The molecule has 0 atom stereocenters. The lowest BCUT2D eigenvalue weighted by Crippen LogP contribution is -2.13. The SMILES string of the molecule is O=C(Cc1coc2ccccc12)Nc1cccc(O)c1. The largest absolute Gasteiger partial charge is 0.508 e. The molecule has 0 saturated heterocycles. The predicted molar refractivity (Wildman–Crippen MR) is 76.7 cm³/mol. The average molecular weight is 267 g/mol. The zero-order valence-corrected chi connectivity index (χ0v) is 10.7. The molecule has 1 amide bonds. The lowest BCUT2D eigenvalue weighted by molar-refractivity contribution is -0.115. The van der Waals surface area contributed by atoms with Crippen molar-refractivity contribution in [2.24, 2.45) is 0 Å². The number of phenols is 1. The fourth-order valence-corrected chi connectivity index (χ4v) is 2.13. The van der Waals surface area contributed by atoms with Crippen LogP contribution in [0.5, 0.6) is 5.75 Å². The maximum absolute atomic E-state index is 12.0. The third-order valence-electron chi connectivity index (χ3n) is 3.04. The van der Waals surface area contributed by atoms with Crippen molar-refractivity contribution in [2.75, 3.05) is 5.32 Å². The summed E-state index contributed by atoms with van der Waals surface area (Å²) in [5.74, 6) is -0.0290. The molecule has 100 valence electrons. The van der Waals surface area contributed by atoms with E-state index in [2.05, 4.69) is 5.32 Å². The highest BCUT2D eigenvalue weighted by Crippen LogP contribution is 2.22. The zero-order valence-electron chi connectivity index (χ0n) is 10.7. The summed E-state index contributed by atoms with van der Waals surface area (Å²) in [5.41, 5.74) is 2.19. The smallest absolute Gasteiger partial charge is 0.228 e. The number of fused-ring (bicyclic) bond motifs is 1. The monoisotopic (exact) mass is 267 g/mol. The van der Waals surface area contributed by atoms with Crippen LogP contribution in [0.15, 0.2) is 59.2 Å². The van der Waals surface area contributed by atoms with E-state index in [1.54, 1.807) is 24.5 Å². The second-order valence-electron chi connectivity index (χ2n) is 4.53. The fourth-order valence-electron chi connectivity index (χ4n) is 2.13. The molecule has 20 heavy (non-hydrogen) atoms. The summed E-state index contributed by atoms with van der Waals surface area (Å²) >= 11 is 0. The van der Waals surface area contributed by atoms with Gasteiger partial charge in [0, 0.05) is 22.7 Å². The average Bonchev–Trinajstić information content (AvgIpc) is 2.82. The summed E-state index contributed by atoms with van der Waals surface area (Å²) in [7, 11) is 0. The van der Waals surface area contributed by atoms with Crippen LogP contribution in [-0.2, 0) is 11.2 Å². The van der Waals surface area contributed by atoms with Gasteiger partial charge in [-0.1, -0.05) is 24.3 Å². The first-order chi connectivity index (χ1) is 9.72. The Balaban J connectivity index is 1.76. The summed E-state index contributed by atoms with van der Waals surface area (Å²) in [6, 6.07) is 14.1. The summed E-state index contributed by atoms with van der Waals surface area (Å²) in [6.45, 7) is 0. The van der Waals surface area contributed by atoms with Gasteiger partial charge >= 0.3 is 0 Å². The molecule has 0 bridgehead atoms. The van der Waals surface area contributed by atoms with Crippen molar-refractivity contribution < 1.29 is 14.3 Å². The van der Waals surface area contributed by atoms with E-state index in [4.69, 9.17) is 4.42 Å². The van der Waals surface area contributed by atoms with Gasteiger partial charge in [0.15, 0.2) is 0 Å². The number of aromatic hydroxyl groups is 1. The Hall–Kier alpha value is -2.75. The Bertz CT molecular complexity index is 761. The second-order valence-corrected chi connectivity index (χ2v) is 4.53. The van der Waals surface area contributed by atoms with Gasteiger partial charge in [0.25, 0.3) is 0 Å². The van der Waals surface area contributed by atoms with Gasteiger partial charge < -0.3 is 14.8 Å². The van der Waals surface area contributed by atoms with Crippen molar-refractivity contribution in [2.45, 2.75) is 6.42 Å². The number of hydrogen-bond donors (Lipinski definition) is 2. The Morgan fingerprint density at radius 3 is 2.85 bits per heavy atom. The minimum atomic E-state index is -0.151. The number of anilines is 1. The summed E-state index contributed by atoms with van der Waals surface area (Å²) in [6.07, 6.45) is 1.83. The molecule has 2 aromatic carbocycles. The number of hydrogen-bond acceptors (Lipinski definition) is 3. The molecule has 0 fully saturated rings. The molecule has 1 heterocycles. The van der Waals surface area contributed by atoms with E-state index in [0.717, 1.165) is 16.5 Å². The highest BCUT2D eigenvalue weighted by molar-refractivity contribution is 5.95. The number of amides is 1. The van der Waals surface area contributed by atoms with Crippen LogP contribution < -0.4 is 5.32 Å². The van der Waals surface area contributed by atoms with Crippen molar-refractivity contribution >= 4 is 22.6 Å². The molecule has 4 nitrogen and oxygen atoms in total. The first-order valence-electron chi connectivity index (χ1n) is 6.26. The Kier molecular flexibility index (Phi) is 3.13. The molecule has 0 spiro atoms. The first-order valence-corrected chi connectivity index (χ1v) is 6.26. The van der Waals surface area contributed by atoms with Gasteiger partial charge in [-0.15, -0.1) is 0 Å². The molecular formula is C16H13NO3. The lowest BCUT2D eigenvalue weighted by atomic mass is 10.1. The van der Waals surface area contributed by atoms with E-state index >= 15 is 0 Å². The normalized spacial score (nSPS) is 10.6. The molecule has 4 heteroatoms. The molecule has 3 rings (SSSR count). The number of furan rings is 1. The van der Waals surface area contributed by atoms with E-state index in [9.17, 15) is 9.90 Å². The molecule has 1 aromatic heterocycles. The fraction of sp³-hybridized carbons (Fsp3) is 0.0625. The minimum absolute atomic E-state index is 0.122. The molecule has 0 aliphatic heterocycles. The number of benzene rings is 2. The maximum atomic E-state index is 12.0. The van der Waals surface area contributed by atoms with Gasteiger partial charge in [-0.3, -0.25) is 4.79 Å². The summed E-state index contributed by atoms with van der Waals surface area (Å²) in [5, 5.41) is 13.0. The molecule has 0 aliphatic carbocycles. The van der Waals surface area contributed by atoms with Crippen LogP contribution in [0, 0.1) is 0 Å². The number of para-hydroxylation sites is 1. The Morgan fingerprint density at radius 2 is 2.00 bits per heavy atom. The van der Waals surface area contributed by atoms with Crippen molar-refractivity contribution in [1.29, 1.82) is 0 Å². The van der Waals surface area contributed by atoms with Gasteiger partial charge in [0.1, 0.15) is 11.3 Å². The Morgan fingerprint density at radius 1 is 1.15 bits per heavy atom. The quantitative estimate of drug-likeness (QED) is 0.765. The summed E-state index contributed by atoms with van der Waals surface area (Å²) < 4.78 is 5.40. The highest BCUT2D eigenvalue weighted by atomic mass is 16.3. The molecular weight excluding hydrogens is 254 g/mol. The van der Waals surface area contributed by atoms with Crippen molar-refractivity contribution in [3.05, 3.63) is 60.4 Å². The van der Waals surface area contributed by atoms with E-state index in [-0.39, 0.29) is 18.1 Å². The van der Waals surface area contributed by atoms with Crippen LogP contribution in [-0.4, -0.2) is 11.0 Å². The van der Waals surface area contributed by atoms with Crippen LogP contribution in [0.3, 0.4) is 0 Å². The third kappa shape index (κ3) is 2.49.